The van der Waals surface area contributed by atoms with Crippen LogP contribution in [-0.2, 0) is 15.1 Å². The summed E-state index contributed by atoms with van der Waals surface area (Å²) in [5, 5.41) is 16.5. The van der Waals surface area contributed by atoms with Gasteiger partial charge >= 0.3 is 5.97 Å². The second-order valence-corrected chi connectivity index (χ2v) is 6.68. The molecule has 134 valence electrons. The lowest BCUT2D eigenvalue weighted by Gasteiger charge is -2.19. The molecule has 0 radical (unpaired) electrons. The van der Waals surface area contributed by atoms with Crippen molar-refractivity contribution in [2.24, 2.45) is 0 Å². The highest BCUT2D eigenvalue weighted by molar-refractivity contribution is 6.42. The Hall–Kier alpha value is -2.25. The van der Waals surface area contributed by atoms with Crippen LogP contribution in [0.1, 0.15) is 20.8 Å². The Morgan fingerprint density at radius 2 is 2.00 bits per heavy atom. The minimum atomic E-state index is -1.23. The number of halogens is 2. The predicted molar refractivity (Wildman–Crippen MR) is 94.4 cm³/mol. The van der Waals surface area contributed by atoms with E-state index in [1.807, 2.05) is 0 Å². The standard InChI is InChI=1S/C16H17Cl2N3O4/c1-9(25-11-4-5-12(17)13(18)6-11)14(22)20-10-7-19-21(8-10)16(2,3)15(23)24/h4-9H,1-3H3,(H,20,22)(H,23,24). The van der Waals surface area contributed by atoms with Gasteiger partial charge in [-0.1, -0.05) is 23.2 Å². The van der Waals surface area contributed by atoms with Crippen molar-refractivity contribution < 1.29 is 19.4 Å². The van der Waals surface area contributed by atoms with Gasteiger partial charge in [0, 0.05) is 12.3 Å². The summed E-state index contributed by atoms with van der Waals surface area (Å²) in [4.78, 5) is 23.4. The Morgan fingerprint density at radius 1 is 1.32 bits per heavy atom. The fourth-order valence-corrected chi connectivity index (χ4v) is 2.13. The Kier molecular flexibility index (Phi) is 5.59. The van der Waals surface area contributed by atoms with E-state index in [-0.39, 0.29) is 0 Å². The molecule has 7 nitrogen and oxygen atoms in total. The van der Waals surface area contributed by atoms with Gasteiger partial charge in [-0.25, -0.2) is 4.79 Å². The number of nitrogens with zero attached hydrogens (tertiary/aromatic N) is 2. The number of hydrogen-bond acceptors (Lipinski definition) is 4. The van der Waals surface area contributed by atoms with Gasteiger partial charge in [0.15, 0.2) is 11.6 Å². The molecule has 1 unspecified atom stereocenters. The molecule has 0 bridgehead atoms. The predicted octanol–water partition coefficient (Wildman–Crippen LogP) is 3.42. The number of carbonyl (C=O) groups excluding carboxylic acids is 1. The molecule has 2 aromatic rings. The lowest BCUT2D eigenvalue weighted by atomic mass is 10.1. The molecule has 0 saturated heterocycles. The van der Waals surface area contributed by atoms with E-state index < -0.39 is 23.5 Å². The molecule has 25 heavy (non-hydrogen) atoms. The molecule has 0 aliphatic carbocycles. The van der Waals surface area contributed by atoms with E-state index in [9.17, 15) is 14.7 Å². The van der Waals surface area contributed by atoms with Gasteiger partial charge in [-0.15, -0.1) is 0 Å². The van der Waals surface area contributed by atoms with E-state index in [2.05, 4.69) is 10.4 Å². The van der Waals surface area contributed by atoms with Crippen molar-refractivity contribution in [1.29, 1.82) is 0 Å². The van der Waals surface area contributed by atoms with Gasteiger partial charge in [0.25, 0.3) is 5.91 Å². The Labute approximate surface area is 154 Å². The number of benzene rings is 1. The van der Waals surface area contributed by atoms with Crippen LogP contribution in [0.5, 0.6) is 5.75 Å². The van der Waals surface area contributed by atoms with Crippen molar-refractivity contribution >= 4 is 40.8 Å². The zero-order chi connectivity index (χ0) is 18.8. The zero-order valence-electron chi connectivity index (χ0n) is 13.8. The maximum absolute atomic E-state index is 12.2. The largest absolute Gasteiger partial charge is 0.481 e. The quantitative estimate of drug-likeness (QED) is 0.794. The van der Waals surface area contributed by atoms with Crippen LogP contribution in [-0.4, -0.2) is 32.9 Å². The summed E-state index contributed by atoms with van der Waals surface area (Å²) < 4.78 is 6.78. The van der Waals surface area contributed by atoms with Crippen LogP contribution in [0.2, 0.25) is 10.0 Å². The third-order valence-corrected chi connectivity index (χ3v) is 4.26. The van der Waals surface area contributed by atoms with Crippen LogP contribution in [0.3, 0.4) is 0 Å². The maximum atomic E-state index is 12.2. The molecule has 2 rings (SSSR count). The second-order valence-electron chi connectivity index (χ2n) is 5.86. The lowest BCUT2D eigenvalue weighted by molar-refractivity contribution is -0.146. The first-order chi connectivity index (χ1) is 11.6. The fraction of sp³-hybridized carbons (Fsp3) is 0.312. The molecular formula is C16H17Cl2N3O4. The molecule has 0 aliphatic rings. The number of rotatable bonds is 6. The molecule has 0 saturated carbocycles. The molecular weight excluding hydrogens is 369 g/mol. The summed E-state index contributed by atoms with van der Waals surface area (Å²) in [6, 6.07) is 4.69. The second kappa shape index (κ2) is 7.33. The molecule has 0 aliphatic heterocycles. The molecule has 1 heterocycles. The van der Waals surface area contributed by atoms with Crippen LogP contribution in [0.15, 0.2) is 30.6 Å². The summed E-state index contributed by atoms with van der Waals surface area (Å²) in [6.07, 6.45) is 2.00. The fourth-order valence-electron chi connectivity index (χ4n) is 1.84. The van der Waals surface area contributed by atoms with E-state index in [4.69, 9.17) is 27.9 Å². The van der Waals surface area contributed by atoms with E-state index in [1.54, 1.807) is 19.1 Å². The van der Waals surface area contributed by atoms with Crippen LogP contribution in [0, 0.1) is 0 Å². The monoisotopic (exact) mass is 385 g/mol. The van der Waals surface area contributed by atoms with Crippen molar-refractivity contribution in [3.05, 3.63) is 40.6 Å². The zero-order valence-corrected chi connectivity index (χ0v) is 15.3. The minimum absolute atomic E-state index is 0.323. The maximum Gasteiger partial charge on any atom is 0.331 e. The molecule has 9 heteroatoms. The van der Waals surface area contributed by atoms with E-state index in [0.717, 1.165) is 0 Å². The molecule has 1 aromatic heterocycles. The van der Waals surface area contributed by atoms with Crippen LogP contribution < -0.4 is 10.1 Å². The van der Waals surface area contributed by atoms with E-state index >= 15 is 0 Å². The molecule has 1 atom stereocenters. The van der Waals surface area contributed by atoms with Crippen molar-refractivity contribution in [3.63, 3.8) is 0 Å². The Bertz CT molecular complexity index is 804. The van der Waals surface area contributed by atoms with Crippen molar-refractivity contribution in [2.75, 3.05) is 5.32 Å². The van der Waals surface area contributed by atoms with Crippen molar-refractivity contribution in [2.45, 2.75) is 32.4 Å². The number of hydrogen-bond donors (Lipinski definition) is 2. The first-order valence-corrected chi connectivity index (χ1v) is 8.08. The summed E-state index contributed by atoms with van der Waals surface area (Å²) in [5.41, 5.74) is -0.866. The normalized spacial score (nSPS) is 12.5. The Morgan fingerprint density at radius 3 is 2.60 bits per heavy atom. The van der Waals surface area contributed by atoms with Gasteiger partial charge < -0.3 is 15.2 Å². The van der Waals surface area contributed by atoms with E-state index in [1.165, 1.54) is 37.0 Å². The van der Waals surface area contributed by atoms with Gasteiger partial charge in [-0.2, -0.15) is 5.10 Å². The smallest absolute Gasteiger partial charge is 0.331 e. The molecule has 1 aromatic carbocycles. The lowest BCUT2D eigenvalue weighted by Crippen LogP contribution is -2.36. The molecule has 0 fully saturated rings. The average Bonchev–Trinajstić information content (AvgIpc) is 3.00. The van der Waals surface area contributed by atoms with Crippen LogP contribution >= 0.6 is 23.2 Å². The van der Waals surface area contributed by atoms with Crippen LogP contribution in [0.4, 0.5) is 5.69 Å². The average molecular weight is 386 g/mol. The number of ether oxygens (including phenoxy) is 1. The van der Waals surface area contributed by atoms with Crippen LogP contribution in [0.25, 0.3) is 0 Å². The summed E-state index contributed by atoms with van der Waals surface area (Å²) in [7, 11) is 0. The third-order valence-electron chi connectivity index (χ3n) is 3.52. The van der Waals surface area contributed by atoms with Gasteiger partial charge in [0.1, 0.15) is 5.75 Å². The van der Waals surface area contributed by atoms with Crippen molar-refractivity contribution in [3.8, 4) is 5.75 Å². The van der Waals surface area contributed by atoms with E-state index in [0.29, 0.717) is 21.5 Å². The van der Waals surface area contributed by atoms with Gasteiger partial charge in [-0.05, 0) is 32.9 Å². The molecule has 1 amide bonds. The Balaban J connectivity index is 2.03. The summed E-state index contributed by atoms with van der Waals surface area (Å²) in [6.45, 7) is 4.58. The molecule has 2 N–H and O–H groups in total. The number of nitrogens with one attached hydrogen (secondary N) is 1. The van der Waals surface area contributed by atoms with Crippen molar-refractivity contribution in [1.82, 2.24) is 9.78 Å². The number of amides is 1. The highest BCUT2D eigenvalue weighted by Crippen LogP contribution is 2.27. The van der Waals surface area contributed by atoms with Gasteiger partial charge in [0.2, 0.25) is 0 Å². The van der Waals surface area contributed by atoms with Gasteiger partial charge in [-0.3, -0.25) is 9.48 Å². The minimum Gasteiger partial charge on any atom is -0.481 e. The number of carboxylic acids is 1. The third kappa shape index (κ3) is 4.43. The number of aliphatic carboxylic acids is 1. The van der Waals surface area contributed by atoms with Gasteiger partial charge in [0.05, 0.1) is 21.9 Å². The summed E-state index contributed by atoms with van der Waals surface area (Å²) >= 11 is 11.7. The summed E-state index contributed by atoms with van der Waals surface area (Å²) in [5.74, 6) is -1.05. The molecule has 0 spiro atoms. The highest BCUT2D eigenvalue weighted by Gasteiger charge is 2.30. The number of carbonyl (C=O) groups is 2. The number of anilines is 1. The topological polar surface area (TPSA) is 93.5 Å². The first kappa shape index (κ1) is 19.1. The SMILES string of the molecule is CC(Oc1ccc(Cl)c(Cl)c1)C(=O)Nc1cnn(C(C)(C)C(=O)O)c1. The number of aromatic nitrogens is 2. The number of carboxylic acid groups (broad SMARTS) is 1. The highest BCUT2D eigenvalue weighted by atomic mass is 35.5. The first-order valence-electron chi connectivity index (χ1n) is 7.32.